The number of aryl methyl sites for hydroxylation is 3. The number of aliphatic hydroxyl groups excluding tert-OH is 3. The number of nitrogens with one attached hydrogen (secondary N) is 3. The molecule has 0 amide bonds. The SMILES string of the molecule is Cc1cn([C@H]2C=C[C@@H](CO)O2)c(=O)[nH]c1=O.Cc1cn([C@H]2C=C[C@@H](CO)O2)c(=O)[nH]c1=O.Cc1cn([C@H]2C=C[C@@H](CO)O2)c(=O)[nH]c1=O. The summed E-state index contributed by atoms with van der Waals surface area (Å²) < 4.78 is 19.9. The predicted octanol–water partition coefficient (Wildman–Crippen LogP) is -2.13. The number of aromatic nitrogens is 6. The van der Waals surface area contributed by atoms with Crippen molar-refractivity contribution in [1.29, 1.82) is 0 Å². The van der Waals surface area contributed by atoms with Crippen molar-refractivity contribution in [3.63, 3.8) is 0 Å². The number of aliphatic hydroxyl groups is 3. The van der Waals surface area contributed by atoms with Crippen molar-refractivity contribution in [1.82, 2.24) is 28.7 Å². The summed E-state index contributed by atoms with van der Waals surface area (Å²) in [7, 11) is 0. The molecule has 0 spiro atoms. The first-order chi connectivity index (χ1) is 22.8. The first kappa shape index (κ1) is 35.9. The van der Waals surface area contributed by atoms with Crippen LogP contribution in [0.5, 0.6) is 0 Å². The Morgan fingerprint density at radius 3 is 0.958 bits per heavy atom. The molecule has 48 heavy (non-hydrogen) atoms. The highest BCUT2D eigenvalue weighted by Gasteiger charge is 2.23. The quantitative estimate of drug-likeness (QED) is 0.154. The fourth-order valence-corrected chi connectivity index (χ4v) is 4.58. The first-order valence-electron chi connectivity index (χ1n) is 14.6. The number of hydrogen-bond donors (Lipinski definition) is 6. The van der Waals surface area contributed by atoms with Crippen molar-refractivity contribution >= 4 is 0 Å². The summed E-state index contributed by atoms with van der Waals surface area (Å²) >= 11 is 0. The molecule has 0 saturated heterocycles. The van der Waals surface area contributed by atoms with Gasteiger partial charge in [-0.15, -0.1) is 0 Å². The van der Waals surface area contributed by atoms with Gasteiger partial charge in [-0.2, -0.15) is 0 Å². The van der Waals surface area contributed by atoms with E-state index in [1.807, 2.05) is 0 Å². The van der Waals surface area contributed by atoms with Gasteiger partial charge in [0.25, 0.3) is 16.7 Å². The minimum Gasteiger partial charge on any atom is -0.393 e. The summed E-state index contributed by atoms with van der Waals surface area (Å²) in [5, 5.41) is 26.6. The number of hydrogen-bond acceptors (Lipinski definition) is 12. The molecule has 6 rings (SSSR count). The van der Waals surface area contributed by atoms with Gasteiger partial charge in [0.05, 0.1) is 19.8 Å². The summed E-state index contributed by atoms with van der Waals surface area (Å²) in [5.41, 5.74) is -1.47. The van der Waals surface area contributed by atoms with Crippen molar-refractivity contribution in [2.75, 3.05) is 19.8 Å². The highest BCUT2D eigenvalue weighted by molar-refractivity contribution is 5.08. The van der Waals surface area contributed by atoms with Crippen molar-refractivity contribution in [2.24, 2.45) is 0 Å². The van der Waals surface area contributed by atoms with Gasteiger partial charge in [-0.3, -0.25) is 43.0 Å². The van der Waals surface area contributed by atoms with Crippen LogP contribution in [0.4, 0.5) is 0 Å². The van der Waals surface area contributed by atoms with E-state index in [1.54, 1.807) is 57.2 Å². The Hall–Kier alpha value is -4.98. The number of ether oxygens (including phenoxy) is 3. The molecular formula is C30H36N6O12. The maximum absolute atomic E-state index is 11.5. The molecule has 258 valence electrons. The Kier molecular flexibility index (Phi) is 11.8. The molecule has 3 aliphatic rings. The molecule has 0 radical (unpaired) electrons. The summed E-state index contributed by atoms with van der Waals surface area (Å²) in [6.45, 7) is 4.42. The molecule has 3 aliphatic heterocycles. The largest absolute Gasteiger partial charge is 0.393 e. The Bertz CT molecular complexity index is 1820. The van der Waals surface area contributed by atoms with Crippen molar-refractivity contribution in [3.8, 4) is 0 Å². The van der Waals surface area contributed by atoms with Crippen LogP contribution in [0, 0.1) is 20.8 Å². The number of rotatable bonds is 6. The Labute approximate surface area is 270 Å². The lowest BCUT2D eigenvalue weighted by Crippen LogP contribution is -2.33. The van der Waals surface area contributed by atoms with Gasteiger partial charge < -0.3 is 29.5 Å². The molecule has 18 heteroatoms. The van der Waals surface area contributed by atoms with Crippen LogP contribution in [-0.4, -0.2) is 82.1 Å². The minimum absolute atomic E-state index is 0.135. The van der Waals surface area contributed by atoms with Crippen molar-refractivity contribution in [3.05, 3.63) is 134 Å². The standard InChI is InChI=1S/3C10H12N2O4/c3*1-6-4-12(10(15)11-9(6)14)8-3-2-7(5-13)16-8/h3*2-4,7-8,13H,5H2,1H3,(H,11,14,15)/t3*7-,8+/m000/s1. The molecule has 0 fully saturated rings. The fraction of sp³-hybridized carbons (Fsp3) is 0.400. The molecule has 3 aromatic heterocycles. The highest BCUT2D eigenvalue weighted by Crippen LogP contribution is 2.20. The van der Waals surface area contributed by atoms with E-state index in [0.717, 1.165) is 0 Å². The molecule has 0 unspecified atom stereocenters. The van der Waals surface area contributed by atoms with Gasteiger partial charge in [0.2, 0.25) is 0 Å². The van der Waals surface area contributed by atoms with Gasteiger partial charge in [-0.1, -0.05) is 18.2 Å². The predicted molar refractivity (Wildman–Crippen MR) is 169 cm³/mol. The molecular weight excluding hydrogens is 636 g/mol. The maximum atomic E-state index is 11.5. The fourth-order valence-electron chi connectivity index (χ4n) is 4.58. The third-order valence-corrected chi connectivity index (χ3v) is 7.21. The Morgan fingerprint density at radius 2 is 0.750 bits per heavy atom. The van der Waals surface area contributed by atoms with E-state index in [-0.39, 0.29) is 19.8 Å². The summed E-state index contributed by atoms with van der Waals surface area (Å²) in [4.78, 5) is 74.6. The van der Waals surface area contributed by atoms with Crippen LogP contribution in [0.2, 0.25) is 0 Å². The van der Waals surface area contributed by atoms with Gasteiger partial charge in [0, 0.05) is 35.3 Å². The molecule has 6 N–H and O–H groups in total. The molecule has 0 saturated carbocycles. The average molecular weight is 673 g/mol. The summed E-state index contributed by atoms with van der Waals surface area (Å²) in [5.74, 6) is 0. The third kappa shape index (κ3) is 8.48. The lowest BCUT2D eigenvalue weighted by atomic mass is 10.3. The van der Waals surface area contributed by atoms with E-state index in [0.29, 0.717) is 16.7 Å². The topological polar surface area (TPSA) is 253 Å². The Balaban J connectivity index is 0.000000163. The third-order valence-electron chi connectivity index (χ3n) is 7.21. The van der Waals surface area contributed by atoms with E-state index < -0.39 is 70.7 Å². The lowest BCUT2D eigenvalue weighted by molar-refractivity contribution is -0.0104. The van der Waals surface area contributed by atoms with E-state index >= 15 is 0 Å². The van der Waals surface area contributed by atoms with E-state index in [9.17, 15) is 28.8 Å². The number of aromatic amines is 3. The molecule has 0 aromatic carbocycles. The second-order valence-corrected chi connectivity index (χ2v) is 10.8. The van der Waals surface area contributed by atoms with Crippen LogP contribution in [-0.2, 0) is 14.2 Å². The highest BCUT2D eigenvalue weighted by atomic mass is 16.5. The molecule has 3 aromatic rings. The minimum atomic E-state index is -0.569. The molecule has 0 bridgehead atoms. The number of nitrogens with zero attached hydrogens (tertiary/aromatic N) is 3. The van der Waals surface area contributed by atoms with Crippen LogP contribution in [0.15, 0.2) is 83.8 Å². The first-order valence-corrected chi connectivity index (χ1v) is 14.6. The average Bonchev–Trinajstić information content (AvgIpc) is 3.84. The van der Waals surface area contributed by atoms with Crippen LogP contribution in [0.25, 0.3) is 0 Å². The van der Waals surface area contributed by atoms with Crippen LogP contribution in [0.3, 0.4) is 0 Å². The van der Waals surface area contributed by atoms with E-state index in [2.05, 4.69) is 15.0 Å². The lowest BCUT2D eigenvalue weighted by Gasteiger charge is -2.14. The molecule has 18 nitrogen and oxygen atoms in total. The Morgan fingerprint density at radius 1 is 0.500 bits per heavy atom. The van der Waals surface area contributed by atoms with Gasteiger partial charge in [0.1, 0.15) is 18.3 Å². The van der Waals surface area contributed by atoms with Crippen molar-refractivity contribution < 1.29 is 29.5 Å². The van der Waals surface area contributed by atoms with Gasteiger partial charge in [-0.25, -0.2) is 14.4 Å². The van der Waals surface area contributed by atoms with Crippen molar-refractivity contribution in [2.45, 2.75) is 57.8 Å². The van der Waals surface area contributed by atoms with E-state index in [1.165, 1.54) is 32.3 Å². The molecule has 6 atom stereocenters. The van der Waals surface area contributed by atoms with Crippen LogP contribution >= 0.6 is 0 Å². The van der Waals surface area contributed by atoms with Gasteiger partial charge in [0.15, 0.2) is 18.7 Å². The molecule has 0 aliphatic carbocycles. The zero-order valence-corrected chi connectivity index (χ0v) is 26.1. The maximum Gasteiger partial charge on any atom is 0.330 e. The number of H-pyrrole nitrogens is 3. The van der Waals surface area contributed by atoms with E-state index in [4.69, 9.17) is 29.5 Å². The van der Waals surface area contributed by atoms with Crippen LogP contribution < -0.4 is 33.7 Å². The zero-order valence-electron chi connectivity index (χ0n) is 26.1. The second kappa shape index (κ2) is 15.7. The smallest absolute Gasteiger partial charge is 0.330 e. The monoisotopic (exact) mass is 672 g/mol. The zero-order chi connectivity index (χ0) is 35.1. The second-order valence-electron chi connectivity index (χ2n) is 10.8. The van der Waals surface area contributed by atoms with Gasteiger partial charge >= 0.3 is 17.1 Å². The summed E-state index contributed by atoms with van der Waals surface area (Å²) in [6, 6.07) is 0. The molecule has 6 heterocycles. The van der Waals surface area contributed by atoms with Gasteiger partial charge in [-0.05, 0) is 39.0 Å². The normalized spacial score (nSPS) is 23.9. The summed E-state index contributed by atoms with van der Waals surface area (Å²) in [6.07, 6.45) is 11.5. The van der Waals surface area contributed by atoms with Crippen LogP contribution in [0.1, 0.15) is 35.4 Å².